The minimum absolute atomic E-state index is 0.0238. The summed E-state index contributed by atoms with van der Waals surface area (Å²) in [6.45, 7) is 2.03. The maximum absolute atomic E-state index is 12.3. The van der Waals surface area contributed by atoms with Crippen LogP contribution in [0.3, 0.4) is 0 Å². The Hall–Kier alpha value is -2.74. The van der Waals surface area contributed by atoms with E-state index in [0.29, 0.717) is 24.0 Å². The van der Waals surface area contributed by atoms with Crippen molar-refractivity contribution in [2.45, 2.75) is 31.7 Å². The molecule has 146 valence electrons. The highest BCUT2D eigenvalue weighted by Gasteiger charge is 2.34. The Bertz CT molecular complexity index is 840. The number of hydrogen-bond donors (Lipinski definition) is 1. The molecule has 28 heavy (non-hydrogen) atoms. The van der Waals surface area contributed by atoms with Crippen LogP contribution < -0.4 is 10.2 Å². The molecule has 0 radical (unpaired) electrons. The number of benzene rings is 1. The van der Waals surface area contributed by atoms with E-state index in [9.17, 15) is 14.4 Å². The van der Waals surface area contributed by atoms with Gasteiger partial charge in [0.25, 0.3) is 11.8 Å². The van der Waals surface area contributed by atoms with Crippen molar-refractivity contribution in [3.63, 3.8) is 0 Å². The summed E-state index contributed by atoms with van der Waals surface area (Å²) in [6.07, 6.45) is 4.37. The summed E-state index contributed by atoms with van der Waals surface area (Å²) in [5.41, 5.74) is 0.896. The van der Waals surface area contributed by atoms with Gasteiger partial charge in [0.1, 0.15) is 0 Å². The Kier molecular flexibility index (Phi) is 5.38. The predicted octanol–water partition coefficient (Wildman–Crippen LogP) is 2.30. The summed E-state index contributed by atoms with van der Waals surface area (Å²) in [5, 5.41) is 6.08. The van der Waals surface area contributed by atoms with E-state index in [1.54, 1.807) is 35.6 Å². The highest BCUT2D eigenvalue weighted by Crippen LogP contribution is 2.23. The summed E-state index contributed by atoms with van der Waals surface area (Å²) in [4.78, 5) is 44.7. The first kappa shape index (κ1) is 18.6. The fraction of sp³-hybridized carbons (Fsp3) is 0.400. The molecule has 3 amide bonds. The average molecular weight is 398 g/mol. The molecular weight excluding hydrogens is 376 g/mol. The van der Waals surface area contributed by atoms with Gasteiger partial charge in [0.15, 0.2) is 5.13 Å². The Balaban J connectivity index is 1.20. The zero-order chi connectivity index (χ0) is 19.5. The molecule has 0 unspecified atom stereocenters. The van der Waals surface area contributed by atoms with Gasteiger partial charge in [-0.15, -0.1) is 11.3 Å². The molecule has 0 spiro atoms. The van der Waals surface area contributed by atoms with Gasteiger partial charge in [0, 0.05) is 43.7 Å². The quantitative estimate of drug-likeness (QED) is 0.755. The summed E-state index contributed by atoms with van der Waals surface area (Å²) in [5.74, 6) is -0.560. The minimum Gasteiger partial charge on any atom is -0.353 e. The molecule has 8 heteroatoms. The highest BCUT2D eigenvalue weighted by molar-refractivity contribution is 7.13. The van der Waals surface area contributed by atoms with Crippen LogP contribution in [0.5, 0.6) is 0 Å². The smallest absolute Gasteiger partial charge is 0.261 e. The number of rotatable bonds is 6. The lowest BCUT2D eigenvalue weighted by Gasteiger charge is -2.32. The zero-order valence-corrected chi connectivity index (χ0v) is 16.3. The molecular formula is C20H22N4O3S. The average Bonchev–Trinajstić information content (AvgIpc) is 3.32. The van der Waals surface area contributed by atoms with Crippen molar-refractivity contribution in [2.24, 2.45) is 0 Å². The fourth-order valence-electron chi connectivity index (χ4n) is 3.73. The summed E-state index contributed by atoms with van der Waals surface area (Å²) < 4.78 is 0. The summed E-state index contributed by atoms with van der Waals surface area (Å²) >= 11 is 1.63. The van der Waals surface area contributed by atoms with Crippen LogP contribution in [-0.2, 0) is 4.79 Å². The molecule has 0 aliphatic carbocycles. The van der Waals surface area contributed by atoms with Crippen LogP contribution in [-0.4, -0.2) is 53.3 Å². The Labute approximate surface area is 167 Å². The number of aromatic nitrogens is 1. The first-order valence-corrected chi connectivity index (χ1v) is 10.4. The van der Waals surface area contributed by atoms with E-state index in [1.807, 2.05) is 11.6 Å². The second-order valence-electron chi connectivity index (χ2n) is 7.05. The van der Waals surface area contributed by atoms with E-state index >= 15 is 0 Å². The maximum Gasteiger partial charge on any atom is 0.261 e. The molecule has 0 saturated carbocycles. The molecule has 1 aromatic heterocycles. The number of anilines is 1. The first-order valence-electron chi connectivity index (χ1n) is 9.52. The Morgan fingerprint density at radius 3 is 2.43 bits per heavy atom. The molecule has 4 rings (SSSR count). The van der Waals surface area contributed by atoms with Crippen molar-refractivity contribution in [1.29, 1.82) is 0 Å². The van der Waals surface area contributed by atoms with Gasteiger partial charge in [-0.2, -0.15) is 0 Å². The van der Waals surface area contributed by atoms with Gasteiger partial charge in [-0.25, -0.2) is 4.98 Å². The van der Waals surface area contributed by atoms with Crippen molar-refractivity contribution in [3.05, 3.63) is 47.0 Å². The summed E-state index contributed by atoms with van der Waals surface area (Å²) in [6, 6.07) is 7.01. The molecule has 2 aliphatic rings. The Morgan fingerprint density at radius 1 is 1.14 bits per heavy atom. The van der Waals surface area contributed by atoms with Crippen LogP contribution in [0, 0.1) is 0 Å². The number of nitrogens with zero attached hydrogens (tertiary/aromatic N) is 3. The maximum atomic E-state index is 12.3. The molecule has 7 nitrogen and oxygen atoms in total. The van der Waals surface area contributed by atoms with Gasteiger partial charge >= 0.3 is 0 Å². The molecule has 0 atom stereocenters. The molecule has 1 fully saturated rings. The van der Waals surface area contributed by atoms with Crippen LogP contribution in [0.4, 0.5) is 5.13 Å². The number of carbonyl (C=O) groups is 3. The van der Waals surface area contributed by atoms with E-state index in [0.717, 1.165) is 31.1 Å². The van der Waals surface area contributed by atoms with Crippen LogP contribution in [0.15, 0.2) is 35.8 Å². The van der Waals surface area contributed by atoms with Crippen molar-refractivity contribution in [1.82, 2.24) is 15.2 Å². The second kappa shape index (κ2) is 8.10. The van der Waals surface area contributed by atoms with Gasteiger partial charge in [-0.1, -0.05) is 12.1 Å². The molecule has 1 N–H and O–H groups in total. The van der Waals surface area contributed by atoms with Crippen LogP contribution in [0.2, 0.25) is 0 Å². The SMILES string of the molecule is O=C(CCCN1C(=O)c2ccccc2C1=O)NC1CCN(c2nccs2)CC1. The van der Waals surface area contributed by atoms with Gasteiger partial charge in [0.05, 0.1) is 11.1 Å². The largest absolute Gasteiger partial charge is 0.353 e. The predicted molar refractivity (Wildman–Crippen MR) is 107 cm³/mol. The Morgan fingerprint density at radius 2 is 1.82 bits per heavy atom. The van der Waals surface area contributed by atoms with Gasteiger partial charge in [0.2, 0.25) is 5.91 Å². The van der Waals surface area contributed by atoms with Gasteiger partial charge < -0.3 is 10.2 Å². The fourth-order valence-corrected chi connectivity index (χ4v) is 4.42. The van der Waals surface area contributed by atoms with E-state index in [4.69, 9.17) is 0 Å². The molecule has 1 aromatic carbocycles. The lowest BCUT2D eigenvalue weighted by atomic mass is 10.1. The van der Waals surface area contributed by atoms with Crippen molar-refractivity contribution >= 4 is 34.2 Å². The highest BCUT2D eigenvalue weighted by atomic mass is 32.1. The van der Waals surface area contributed by atoms with Gasteiger partial charge in [-0.05, 0) is 31.4 Å². The monoisotopic (exact) mass is 398 g/mol. The van der Waals surface area contributed by atoms with Crippen molar-refractivity contribution < 1.29 is 14.4 Å². The number of fused-ring (bicyclic) bond motifs is 1. The lowest BCUT2D eigenvalue weighted by molar-refractivity contribution is -0.122. The number of amides is 3. The van der Waals surface area contributed by atoms with Gasteiger partial charge in [-0.3, -0.25) is 19.3 Å². The lowest BCUT2D eigenvalue weighted by Crippen LogP contribution is -2.44. The number of imide groups is 1. The van der Waals surface area contributed by atoms with E-state index in [-0.39, 0.29) is 30.3 Å². The third-order valence-corrected chi connectivity index (χ3v) is 6.05. The second-order valence-corrected chi connectivity index (χ2v) is 7.93. The van der Waals surface area contributed by atoms with E-state index < -0.39 is 0 Å². The third kappa shape index (κ3) is 3.77. The molecule has 3 heterocycles. The normalized spacial score (nSPS) is 17.1. The topological polar surface area (TPSA) is 82.6 Å². The molecule has 2 aromatic rings. The minimum atomic E-state index is -0.268. The van der Waals surface area contributed by atoms with Crippen LogP contribution in [0.25, 0.3) is 0 Å². The number of thiazole rings is 1. The van der Waals surface area contributed by atoms with Crippen molar-refractivity contribution in [2.75, 3.05) is 24.5 Å². The molecule has 1 saturated heterocycles. The molecule has 2 aliphatic heterocycles. The third-order valence-electron chi connectivity index (χ3n) is 5.21. The first-order chi connectivity index (χ1) is 13.6. The van der Waals surface area contributed by atoms with Crippen LogP contribution >= 0.6 is 11.3 Å². The number of carbonyl (C=O) groups excluding carboxylic acids is 3. The molecule has 0 bridgehead atoms. The number of piperidine rings is 1. The zero-order valence-electron chi connectivity index (χ0n) is 15.5. The number of nitrogens with one attached hydrogen (secondary N) is 1. The van der Waals surface area contributed by atoms with Crippen molar-refractivity contribution in [3.8, 4) is 0 Å². The number of hydrogen-bond acceptors (Lipinski definition) is 6. The van der Waals surface area contributed by atoms with E-state index in [1.165, 1.54) is 4.90 Å². The standard InChI is InChI=1S/C20H22N4O3S/c25-17(22-14-7-11-23(12-8-14)20-21-9-13-28-20)6-3-10-24-18(26)15-4-1-2-5-16(15)19(24)27/h1-2,4-5,9,13-14H,3,6-8,10-12H2,(H,22,25). The van der Waals surface area contributed by atoms with E-state index in [2.05, 4.69) is 15.2 Å². The van der Waals surface area contributed by atoms with Crippen LogP contribution in [0.1, 0.15) is 46.4 Å². The summed E-state index contributed by atoms with van der Waals surface area (Å²) in [7, 11) is 0.